The molecule has 8 nitrogen and oxygen atoms in total. The number of hydrogen-bond donors (Lipinski definition) is 3. The third-order valence-electron chi connectivity index (χ3n) is 5.24. The number of urea groups is 1. The molecule has 2 aliphatic rings. The molecule has 1 aromatic rings. The number of likely N-dealkylation sites (N-methyl/N-ethyl adjacent to an activating group) is 1. The van der Waals surface area contributed by atoms with Gasteiger partial charge in [-0.1, -0.05) is 25.1 Å². The number of rotatable bonds is 7. The normalized spacial score (nSPS) is 24.6. The van der Waals surface area contributed by atoms with Crippen LogP contribution in [0, 0.1) is 0 Å². The Balaban J connectivity index is 1.42. The molecule has 3 rings (SSSR count). The predicted molar refractivity (Wildman–Crippen MR) is 101 cm³/mol. The van der Waals surface area contributed by atoms with Gasteiger partial charge in [-0.25, -0.2) is 4.79 Å². The molecule has 0 radical (unpaired) electrons. The van der Waals surface area contributed by atoms with Crippen LogP contribution in [0.4, 0.5) is 10.5 Å². The van der Waals surface area contributed by atoms with Gasteiger partial charge >= 0.3 is 12.0 Å². The van der Waals surface area contributed by atoms with Crippen LogP contribution in [-0.4, -0.2) is 65.7 Å². The van der Waals surface area contributed by atoms with Crippen LogP contribution in [0.1, 0.15) is 26.2 Å². The fourth-order valence-electron chi connectivity index (χ4n) is 3.75. The summed E-state index contributed by atoms with van der Waals surface area (Å²) in [5, 5.41) is 14.7. The highest BCUT2D eigenvalue weighted by Gasteiger charge is 2.36. The number of carboxylic acid groups (broad SMARTS) is 1. The van der Waals surface area contributed by atoms with Crippen molar-refractivity contribution in [2.24, 2.45) is 0 Å². The van der Waals surface area contributed by atoms with Crippen LogP contribution >= 0.6 is 0 Å². The quantitative estimate of drug-likeness (QED) is 0.662. The fraction of sp³-hybridized carbons (Fsp3) is 0.526. The van der Waals surface area contributed by atoms with Crippen LogP contribution in [0.3, 0.4) is 0 Å². The zero-order chi connectivity index (χ0) is 19.4. The third kappa shape index (κ3) is 4.77. The van der Waals surface area contributed by atoms with Gasteiger partial charge in [0, 0.05) is 30.7 Å². The molecule has 0 bridgehead atoms. The second-order valence-corrected chi connectivity index (χ2v) is 7.14. The molecule has 3 amide bonds. The van der Waals surface area contributed by atoms with Gasteiger partial charge in [0.05, 0.1) is 12.6 Å². The Hall–Kier alpha value is -2.61. The van der Waals surface area contributed by atoms with Gasteiger partial charge in [-0.05, 0) is 31.5 Å². The number of benzene rings is 1. The molecule has 1 saturated carbocycles. The number of aliphatic carboxylic acids is 1. The van der Waals surface area contributed by atoms with Gasteiger partial charge in [-0.2, -0.15) is 0 Å². The lowest BCUT2D eigenvalue weighted by Crippen LogP contribution is -2.57. The maximum Gasteiger partial charge on any atom is 0.317 e. The fourth-order valence-corrected chi connectivity index (χ4v) is 3.75. The number of anilines is 1. The molecule has 0 spiro atoms. The zero-order valence-corrected chi connectivity index (χ0v) is 15.4. The summed E-state index contributed by atoms with van der Waals surface area (Å²) in [6, 6.07) is 9.17. The van der Waals surface area contributed by atoms with Gasteiger partial charge in [0.1, 0.15) is 0 Å². The second-order valence-electron chi connectivity index (χ2n) is 7.14. The standard InChI is InChI=1S/C19H26N4O4/c1-2-22(12-18(25)26)16-8-13(9-16)20-19(27)21-14-10-17(24)23(11-14)15-6-4-3-5-7-15/h3-7,13-14,16H,2,8-12H2,1H3,(H,25,26)(H2,20,21,27). The first-order valence-corrected chi connectivity index (χ1v) is 9.34. The molecule has 2 fully saturated rings. The second kappa shape index (κ2) is 8.39. The Labute approximate surface area is 158 Å². The lowest BCUT2D eigenvalue weighted by molar-refractivity contribution is -0.139. The number of nitrogens with one attached hydrogen (secondary N) is 2. The first-order chi connectivity index (χ1) is 13.0. The first-order valence-electron chi connectivity index (χ1n) is 9.34. The van der Waals surface area contributed by atoms with Crippen molar-refractivity contribution >= 4 is 23.6 Å². The van der Waals surface area contributed by atoms with E-state index < -0.39 is 5.97 Å². The maximum absolute atomic E-state index is 12.2. The minimum Gasteiger partial charge on any atom is -0.480 e. The lowest BCUT2D eigenvalue weighted by atomic mass is 9.85. The molecule has 1 aliphatic heterocycles. The Morgan fingerprint density at radius 1 is 1.19 bits per heavy atom. The first kappa shape index (κ1) is 19.2. The van der Waals surface area contributed by atoms with E-state index in [-0.39, 0.29) is 43.0 Å². The van der Waals surface area contributed by atoms with E-state index >= 15 is 0 Å². The Morgan fingerprint density at radius 2 is 1.85 bits per heavy atom. The van der Waals surface area contributed by atoms with Gasteiger partial charge < -0.3 is 20.6 Å². The molecule has 8 heteroatoms. The minimum absolute atomic E-state index is 0.00228. The van der Waals surface area contributed by atoms with E-state index in [0.29, 0.717) is 13.1 Å². The van der Waals surface area contributed by atoms with E-state index in [9.17, 15) is 14.4 Å². The smallest absolute Gasteiger partial charge is 0.317 e. The van der Waals surface area contributed by atoms with Crippen LogP contribution < -0.4 is 15.5 Å². The molecule has 1 aromatic carbocycles. The Bertz CT molecular complexity index is 690. The van der Waals surface area contributed by atoms with E-state index in [4.69, 9.17) is 5.11 Å². The van der Waals surface area contributed by atoms with Crippen molar-refractivity contribution in [2.45, 2.75) is 44.3 Å². The summed E-state index contributed by atoms with van der Waals surface area (Å²) < 4.78 is 0. The van der Waals surface area contributed by atoms with E-state index in [1.54, 1.807) is 4.90 Å². The van der Waals surface area contributed by atoms with Crippen molar-refractivity contribution in [3.63, 3.8) is 0 Å². The summed E-state index contributed by atoms with van der Waals surface area (Å²) in [6.45, 7) is 3.10. The number of carboxylic acids is 1. The van der Waals surface area contributed by atoms with Crippen LogP contribution in [0.25, 0.3) is 0 Å². The molecule has 0 aromatic heterocycles. The molecule has 1 atom stereocenters. The SMILES string of the molecule is CCN(CC(=O)O)C1CC(NC(=O)NC2CC(=O)N(c3ccccc3)C2)C1. The Kier molecular flexibility index (Phi) is 5.95. The molecule has 1 unspecified atom stereocenters. The average Bonchev–Trinajstić information content (AvgIpc) is 2.96. The van der Waals surface area contributed by atoms with Gasteiger partial charge in [-0.3, -0.25) is 14.5 Å². The monoisotopic (exact) mass is 374 g/mol. The van der Waals surface area contributed by atoms with Crippen molar-refractivity contribution < 1.29 is 19.5 Å². The molecular formula is C19H26N4O4. The summed E-state index contributed by atoms with van der Waals surface area (Å²) in [5.74, 6) is -0.831. The Morgan fingerprint density at radius 3 is 2.48 bits per heavy atom. The van der Waals surface area contributed by atoms with E-state index in [1.165, 1.54) is 0 Å². The van der Waals surface area contributed by atoms with Crippen LogP contribution in [0.15, 0.2) is 30.3 Å². The van der Waals surface area contributed by atoms with Crippen molar-refractivity contribution in [1.29, 1.82) is 0 Å². The number of para-hydroxylation sites is 1. The van der Waals surface area contributed by atoms with E-state index in [2.05, 4.69) is 10.6 Å². The highest BCUT2D eigenvalue weighted by atomic mass is 16.4. The van der Waals surface area contributed by atoms with Gasteiger partial charge in [0.15, 0.2) is 0 Å². The molecule has 1 saturated heterocycles. The molecule has 3 N–H and O–H groups in total. The molecule has 1 heterocycles. The van der Waals surface area contributed by atoms with Gasteiger partial charge in [-0.15, -0.1) is 0 Å². The number of amides is 3. The summed E-state index contributed by atoms with van der Waals surface area (Å²) in [5.41, 5.74) is 0.840. The highest BCUT2D eigenvalue weighted by Crippen LogP contribution is 2.26. The van der Waals surface area contributed by atoms with Crippen LogP contribution in [0.2, 0.25) is 0 Å². The average molecular weight is 374 g/mol. The number of carbonyl (C=O) groups excluding carboxylic acids is 2. The van der Waals surface area contributed by atoms with Crippen LogP contribution in [0.5, 0.6) is 0 Å². The molecule has 1 aliphatic carbocycles. The number of hydrogen-bond acceptors (Lipinski definition) is 4. The molecular weight excluding hydrogens is 348 g/mol. The van der Waals surface area contributed by atoms with E-state index in [1.807, 2.05) is 42.2 Å². The summed E-state index contributed by atoms with van der Waals surface area (Å²) in [4.78, 5) is 38.9. The zero-order valence-electron chi connectivity index (χ0n) is 15.4. The van der Waals surface area contributed by atoms with Crippen molar-refractivity contribution in [3.05, 3.63) is 30.3 Å². The van der Waals surface area contributed by atoms with E-state index in [0.717, 1.165) is 18.5 Å². The van der Waals surface area contributed by atoms with Crippen molar-refractivity contribution in [1.82, 2.24) is 15.5 Å². The third-order valence-corrected chi connectivity index (χ3v) is 5.24. The summed E-state index contributed by atoms with van der Waals surface area (Å²) in [6.07, 6.45) is 1.78. The van der Waals surface area contributed by atoms with Gasteiger partial charge in [0.2, 0.25) is 5.91 Å². The largest absolute Gasteiger partial charge is 0.480 e. The number of nitrogens with zero attached hydrogens (tertiary/aromatic N) is 2. The minimum atomic E-state index is -0.833. The summed E-state index contributed by atoms with van der Waals surface area (Å²) in [7, 11) is 0. The topological polar surface area (TPSA) is 102 Å². The maximum atomic E-state index is 12.2. The molecule has 146 valence electrons. The number of carbonyl (C=O) groups is 3. The predicted octanol–water partition coefficient (Wildman–Crippen LogP) is 1.03. The van der Waals surface area contributed by atoms with Gasteiger partial charge in [0.25, 0.3) is 0 Å². The highest BCUT2D eigenvalue weighted by molar-refractivity contribution is 5.96. The molecule has 27 heavy (non-hydrogen) atoms. The van der Waals surface area contributed by atoms with Crippen molar-refractivity contribution in [2.75, 3.05) is 24.5 Å². The lowest BCUT2D eigenvalue weighted by Gasteiger charge is -2.42. The van der Waals surface area contributed by atoms with Crippen LogP contribution in [-0.2, 0) is 9.59 Å². The summed E-state index contributed by atoms with van der Waals surface area (Å²) >= 11 is 0. The van der Waals surface area contributed by atoms with Crippen molar-refractivity contribution in [3.8, 4) is 0 Å².